The third-order valence-electron chi connectivity index (χ3n) is 4.38. The van der Waals surface area contributed by atoms with Crippen molar-refractivity contribution in [3.63, 3.8) is 0 Å². The number of piperazine rings is 1. The SMILES string of the molecule is CCNC(CC1CN(C)CCN1C)c1cccc(C)c1. The van der Waals surface area contributed by atoms with Gasteiger partial charge in [-0.3, -0.25) is 0 Å². The Labute approximate surface area is 124 Å². The molecule has 20 heavy (non-hydrogen) atoms. The Balaban J connectivity index is 2.08. The van der Waals surface area contributed by atoms with Gasteiger partial charge in [0.05, 0.1) is 0 Å². The van der Waals surface area contributed by atoms with Crippen LogP contribution < -0.4 is 5.32 Å². The van der Waals surface area contributed by atoms with Crippen molar-refractivity contribution in [2.24, 2.45) is 0 Å². The van der Waals surface area contributed by atoms with E-state index in [1.807, 2.05) is 0 Å². The summed E-state index contributed by atoms with van der Waals surface area (Å²) in [5, 5.41) is 3.66. The molecule has 0 bridgehead atoms. The van der Waals surface area contributed by atoms with Gasteiger partial charge in [-0.15, -0.1) is 0 Å². The summed E-state index contributed by atoms with van der Waals surface area (Å²) in [5.41, 5.74) is 2.77. The zero-order valence-electron chi connectivity index (χ0n) is 13.4. The molecule has 112 valence electrons. The van der Waals surface area contributed by atoms with Crippen molar-refractivity contribution in [1.82, 2.24) is 15.1 Å². The van der Waals surface area contributed by atoms with Crippen LogP contribution in [0.5, 0.6) is 0 Å². The minimum absolute atomic E-state index is 0.457. The largest absolute Gasteiger partial charge is 0.310 e. The number of likely N-dealkylation sites (N-methyl/N-ethyl adjacent to an activating group) is 2. The van der Waals surface area contributed by atoms with Gasteiger partial charge in [-0.05, 0) is 39.5 Å². The number of rotatable bonds is 5. The Morgan fingerprint density at radius 2 is 2.10 bits per heavy atom. The standard InChI is InChI=1S/C17H29N3/c1-5-18-17(15-8-6-7-14(2)11-15)12-16-13-19(3)9-10-20(16)4/h6-8,11,16-18H,5,9-10,12-13H2,1-4H3. The fourth-order valence-electron chi connectivity index (χ4n) is 3.10. The van der Waals surface area contributed by atoms with Crippen LogP contribution in [0.15, 0.2) is 24.3 Å². The quantitative estimate of drug-likeness (QED) is 0.889. The van der Waals surface area contributed by atoms with E-state index in [0.29, 0.717) is 12.1 Å². The Bertz CT molecular complexity index is 418. The van der Waals surface area contributed by atoms with Crippen molar-refractivity contribution >= 4 is 0 Å². The molecule has 1 aromatic carbocycles. The van der Waals surface area contributed by atoms with E-state index in [0.717, 1.165) is 6.54 Å². The Hall–Kier alpha value is -0.900. The maximum absolute atomic E-state index is 3.66. The summed E-state index contributed by atoms with van der Waals surface area (Å²) in [6.07, 6.45) is 1.18. The van der Waals surface area contributed by atoms with Gasteiger partial charge in [0.1, 0.15) is 0 Å². The van der Waals surface area contributed by atoms with E-state index in [-0.39, 0.29) is 0 Å². The van der Waals surface area contributed by atoms with Crippen LogP contribution in [0.2, 0.25) is 0 Å². The monoisotopic (exact) mass is 275 g/mol. The third kappa shape index (κ3) is 4.05. The van der Waals surface area contributed by atoms with E-state index in [9.17, 15) is 0 Å². The predicted octanol–water partition coefficient (Wildman–Crippen LogP) is 2.28. The van der Waals surface area contributed by atoms with Crippen LogP contribution in [0.1, 0.15) is 30.5 Å². The molecule has 0 radical (unpaired) electrons. The lowest BCUT2D eigenvalue weighted by atomic mass is 9.96. The molecule has 0 amide bonds. The van der Waals surface area contributed by atoms with Gasteiger partial charge in [0, 0.05) is 31.7 Å². The van der Waals surface area contributed by atoms with Gasteiger partial charge in [-0.1, -0.05) is 36.8 Å². The topological polar surface area (TPSA) is 18.5 Å². The van der Waals surface area contributed by atoms with E-state index in [1.54, 1.807) is 0 Å². The maximum atomic E-state index is 3.66. The van der Waals surface area contributed by atoms with E-state index >= 15 is 0 Å². The highest BCUT2D eigenvalue weighted by Crippen LogP contribution is 2.23. The van der Waals surface area contributed by atoms with E-state index in [1.165, 1.54) is 37.2 Å². The highest BCUT2D eigenvalue weighted by atomic mass is 15.3. The molecule has 0 saturated carbocycles. The van der Waals surface area contributed by atoms with Gasteiger partial charge in [0.25, 0.3) is 0 Å². The second kappa shape index (κ2) is 7.21. The average molecular weight is 275 g/mol. The van der Waals surface area contributed by atoms with Gasteiger partial charge >= 0.3 is 0 Å². The van der Waals surface area contributed by atoms with Gasteiger partial charge in [-0.25, -0.2) is 0 Å². The number of nitrogens with zero attached hydrogens (tertiary/aromatic N) is 2. The fraction of sp³-hybridized carbons (Fsp3) is 0.647. The van der Waals surface area contributed by atoms with Gasteiger partial charge < -0.3 is 15.1 Å². The summed E-state index contributed by atoms with van der Waals surface area (Å²) in [7, 11) is 4.49. The molecule has 1 N–H and O–H groups in total. The molecule has 2 unspecified atom stereocenters. The van der Waals surface area contributed by atoms with Gasteiger partial charge in [-0.2, -0.15) is 0 Å². The minimum Gasteiger partial charge on any atom is -0.310 e. The number of aryl methyl sites for hydroxylation is 1. The average Bonchev–Trinajstić information content (AvgIpc) is 2.42. The van der Waals surface area contributed by atoms with Gasteiger partial charge in [0.2, 0.25) is 0 Å². The summed E-state index contributed by atoms with van der Waals surface area (Å²) in [6.45, 7) is 8.92. The van der Waals surface area contributed by atoms with Crippen LogP contribution in [0.25, 0.3) is 0 Å². The van der Waals surface area contributed by atoms with Gasteiger partial charge in [0.15, 0.2) is 0 Å². The lowest BCUT2D eigenvalue weighted by Crippen LogP contribution is -2.51. The smallest absolute Gasteiger partial charge is 0.0335 e. The van der Waals surface area contributed by atoms with Crippen LogP contribution in [-0.4, -0.2) is 56.1 Å². The Morgan fingerprint density at radius 3 is 2.80 bits per heavy atom. The van der Waals surface area contributed by atoms with Crippen LogP contribution in [0.4, 0.5) is 0 Å². The van der Waals surface area contributed by atoms with Crippen molar-refractivity contribution < 1.29 is 0 Å². The van der Waals surface area contributed by atoms with Crippen LogP contribution in [0.3, 0.4) is 0 Å². The summed E-state index contributed by atoms with van der Waals surface area (Å²) in [6, 6.07) is 10.0. The Kier molecular flexibility index (Phi) is 5.58. The molecule has 0 aliphatic carbocycles. The fourth-order valence-corrected chi connectivity index (χ4v) is 3.10. The van der Waals surface area contributed by atoms with Crippen molar-refractivity contribution in [3.8, 4) is 0 Å². The minimum atomic E-state index is 0.457. The molecule has 1 saturated heterocycles. The van der Waals surface area contributed by atoms with Crippen molar-refractivity contribution in [3.05, 3.63) is 35.4 Å². The maximum Gasteiger partial charge on any atom is 0.0335 e. The van der Waals surface area contributed by atoms with Crippen LogP contribution in [0, 0.1) is 6.92 Å². The molecular weight excluding hydrogens is 246 g/mol. The zero-order valence-corrected chi connectivity index (χ0v) is 13.4. The molecule has 3 nitrogen and oxygen atoms in total. The van der Waals surface area contributed by atoms with Crippen molar-refractivity contribution in [1.29, 1.82) is 0 Å². The van der Waals surface area contributed by atoms with E-state index in [2.05, 4.69) is 67.3 Å². The highest BCUT2D eigenvalue weighted by molar-refractivity contribution is 5.25. The molecule has 1 aromatic rings. The second-order valence-corrected chi connectivity index (χ2v) is 6.16. The molecule has 1 fully saturated rings. The molecule has 2 atom stereocenters. The van der Waals surface area contributed by atoms with Crippen LogP contribution in [-0.2, 0) is 0 Å². The number of hydrogen-bond donors (Lipinski definition) is 1. The number of nitrogens with one attached hydrogen (secondary N) is 1. The van der Waals surface area contributed by atoms with Crippen LogP contribution >= 0.6 is 0 Å². The molecular formula is C17H29N3. The summed E-state index contributed by atoms with van der Waals surface area (Å²) < 4.78 is 0. The third-order valence-corrected chi connectivity index (χ3v) is 4.38. The summed E-state index contributed by atoms with van der Waals surface area (Å²) >= 11 is 0. The first-order chi connectivity index (χ1) is 9.60. The number of benzene rings is 1. The zero-order chi connectivity index (χ0) is 14.5. The molecule has 0 spiro atoms. The molecule has 2 rings (SSSR count). The van der Waals surface area contributed by atoms with Crippen molar-refractivity contribution in [2.45, 2.75) is 32.4 Å². The highest BCUT2D eigenvalue weighted by Gasteiger charge is 2.25. The van der Waals surface area contributed by atoms with Crippen molar-refractivity contribution in [2.75, 3.05) is 40.3 Å². The molecule has 1 aliphatic heterocycles. The first-order valence-electron chi connectivity index (χ1n) is 7.79. The number of hydrogen-bond acceptors (Lipinski definition) is 3. The first kappa shape index (κ1) is 15.5. The lowest BCUT2D eigenvalue weighted by molar-refractivity contribution is 0.101. The first-order valence-corrected chi connectivity index (χ1v) is 7.79. The van der Waals surface area contributed by atoms with E-state index < -0.39 is 0 Å². The molecule has 0 aromatic heterocycles. The predicted molar refractivity (Wildman–Crippen MR) is 86.1 cm³/mol. The lowest BCUT2D eigenvalue weighted by Gasteiger charge is -2.39. The normalized spacial score (nSPS) is 22.9. The Morgan fingerprint density at radius 1 is 1.30 bits per heavy atom. The summed E-state index contributed by atoms with van der Waals surface area (Å²) in [4.78, 5) is 4.96. The molecule has 3 heteroatoms. The van der Waals surface area contributed by atoms with E-state index in [4.69, 9.17) is 0 Å². The molecule has 1 aliphatic rings. The summed E-state index contributed by atoms with van der Waals surface area (Å²) in [5.74, 6) is 0. The molecule has 1 heterocycles. The second-order valence-electron chi connectivity index (χ2n) is 6.16.